The average Bonchev–Trinajstić information content (AvgIpc) is 2.69. The predicted octanol–water partition coefficient (Wildman–Crippen LogP) is 1.90. The first kappa shape index (κ1) is 13.8. The molecule has 1 aromatic carbocycles. The van der Waals surface area contributed by atoms with E-state index in [4.69, 9.17) is 5.73 Å². The zero-order chi connectivity index (χ0) is 14.0. The Balaban J connectivity index is 2.44. The second kappa shape index (κ2) is 5.58. The van der Waals surface area contributed by atoms with Gasteiger partial charge in [-0.1, -0.05) is 6.07 Å². The maximum atomic E-state index is 13.8. The van der Waals surface area contributed by atoms with Crippen LogP contribution in [-0.4, -0.2) is 14.8 Å². The summed E-state index contributed by atoms with van der Waals surface area (Å²) in [5.41, 5.74) is 5.96. The molecule has 5 nitrogen and oxygen atoms in total. The zero-order valence-electron chi connectivity index (χ0n) is 10.7. The van der Waals surface area contributed by atoms with Crippen LogP contribution in [0, 0.1) is 5.82 Å². The number of hydrogen-bond acceptors (Lipinski definition) is 4. The van der Waals surface area contributed by atoms with Crippen molar-refractivity contribution in [1.29, 1.82) is 0 Å². The van der Waals surface area contributed by atoms with E-state index in [-0.39, 0.29) is 11.5 Å². The van der Waals surface area contributed by atoms with Crippen LogP contribution in [-0.2, 0) is 6.54 Å². The molecule has 0 saturated heterocycles. The first-order valence-electron chi connectivity index (χ1n) is 5.91. The largest absolute Gasteiger partial charge is 0.343 e. The Hall–Kier alpha value is -1.60. The Morgan fingerprint density at radius 1 is 1.58 bits per heavy atom. The van der Waals surface area contributed by atoms with Crippen molar-refractivity contribution in [1.82, 2.24) is 14.8 Å². The fraction of sp³-hybridized carbons (Fsp3) is 0.333. The van der Waals surface area contributed by atoms with Crippen LogP contribution in [0.25, 0.3) is 0 Å². The standard InChI is InChI=1S/C12H15FN4OS/c1-3-17-11(18)15-16-12(17)19-9-6-4-5-8(13)10(9)7(2)14/h4-7H,3,14H2,1-2H3,(H,15,18)/t7-/m0/s1. The number of H-pyrrole nitrogens is 1. The Morgan fingerprint density at radius 2 is 2.32 bits per heavy atom. The SMILES string of the molecule is CCn1c(Sc2cccc(F)c2[C@H](C)N)n[nH]c1=O. The number of halogens is 1. The predicted molar refractivity (Wildman–Crippen MR) is 71.6 cm³/mol. The van der Waals surface area contributed by atoms with Gasteiger partial charge < -0.3 is 5.73 Å². The maximum absolute atomic E-state index is 13.8. The lowest BCUT2D eigenvalue weighted by Gasteiger charge is -2.12. The summed E-state index contributed by atoms with van der Waals surface area (Å²) < 4.78 is 15.3. The average molecular weight is 282 g/mol. The zero-order valence-corrected chi connectivity index (χ0v) is 11.5. The Kier molecular flexibility index (Phi) is 4.06. The van der Waals surface area contributed by atoms with Gasteiger partial charge in [-0.05, 0) is 37.7 Å². The molecule has 0 bridgehead atoms. The summed E-state index contributed by atoms with van der Waals surface area (Å²) in [7, 11) is 0. The number of aromatic nitrogens is 3. The normalized spacial score (nSPS) is 12.6. The molecule has 7 heteroatoms. The second-order valence-electron chi connectivity index (χ2n) is 4.10. The fourth-order valence-corrected chi connectivity index (χ4v) is 2.96. The Labute approximate surface area is 114 Å². The number of rotatable bonds is 4. The monoisotopic (exact) mass is 282 g/mol. The van der Waals surface area contributed by atoms with Crippen LogP contribution >= 0.6 is 11.8 Å². The molecular weight excluding hydrogens is 267 g/mol. The quantitative estimate of drug-likeness (QED) is 0.898. The molecule has 1 heterocycles. The van der Waals surface area contributed by atoms with Gasteiger partial charge in [0.15, 0.2) is 5.16 Å². The molecule has 19 heavy (non-hydrogen) atoms. The number of nitrogens with one attached hydrogen (secondary N) is 1. The maximum Gasteiger partial charge on any atom is 0.343 e. The van der Waals surface area contributed by atoms with E-state index in [1.165, 1.54) is 22.4 Å². The van der Waals surface area contributed by atoms with E-state index in [1.54, 1.807) is 19.1 Å². The third-order valence-corrected chi connectivity index (χ3v) is 3.78. The molecule has 1 aromatic heterocycles. The van der Waals surface area contributed by atoms with Crippen LogP contribution in [0.15, 0.2) is 33.0 Å². The second-order valence-corrected chi connectivity index (χ2v) is 5.11. The summed E-state index contributed by atoms with van der Waals surface area (Å²) in [4.78, 5) is 12.1. The highest BCUT2D eigenvalue weighted by atomic mass is 32.2. The van der Waals surface area contributed by atoms with Crippen molar-refractivity contribution in [2.45, 2.75) is 36.5 Å². The van der Waals surface area contributed by atoms with Gasteiger partial charge in [-0.3, -0.25) is 4.57 Å². The van der Waals surface area contributed by atoms with Crippen molar-refractivity contribution in [2.24, 2.45) is 5.73 Å². The van der Waals surface area contributed by atoms with E-state index in [0.29, 0.717) is 22.2 Å². The van der Waals surface area contributed by atoms with Crippen LogP contribution in [0.2, 0.25) is 0 Å². The number of nitrogens with two attached hydrogens (primary N) is 1. The molecule has 0 saturated carbocycles. The summed E-state index contributed by atoms with van der Waals surface area (Å²) in [6, 6.07) is 4.33. The van der Waals surface area contributed by atoms with Crippen LogP contribution < -0.4 is 11.4 Å². The lowest BCUT2D eigenvalue weighted by atomic mass is 10.1. The minimum atomic E-state index is -0.426. The van der Waals surface area contributed by atoms with Gasteiger partial charge >= 0.3 is 5.69 Å². The molecule has 2 rings (SSSR count). The van der Waals surface area contributed by atoms with Crippen LogP contribution in [0.4, 0.5) is 4.39 Å². The summed E-state index contributed by atoms with van der Waals surface area (Å²) in [6.07, 6.45) is 0. The van der Waals surface area contributed by atoms with Gasteiger partial charge in [-0.15, -0.1) is 5.10 Å². The van der Waals surface area contributed by atoms with Crippen LogP contribution in [0.5, 0.6) is 0 Å². The van der Waals surface area contributed by atoms with Crippen molar-refractivity contribution >= 4 is 11.8 Å². The first-order valence-corrected chi connectivity index (χ1v) is 6.73. The van der Waals surface area contributed by atoms with Gasteiger partial charge in [-0.25, -0.2) is 14.3 Å². The molecule has 0 spiro atoms. The molecule has 1 atom stereocenters. The summed E-state index contributed by atoms with van der Waals surface area (Å²) in [6.45, 7) is 4.07. The summed E-state index contributed by atoms with van der Waals surface area (Å²) in [5, 5.41) is 6.82. The van der Waals surface area contributed by atoms with Crippen LogP contribution in [0.1, 0.15) is 25.5 Å². The van der Waals surface area contributed by atoms with Crippen molar-refractivity contribution in [3.05, 3.63) is 40.1 Å². The van der Waals surface area contributed by atoms with Crippen molar-refractivity contribution in [2.75, 3.05) is 0 Å². The van der Waals surface area contributed by atoms with Crippen molar-refractivity contribution in [3.63, 3.8) is 0 Å². The van der Waals surface area contributed by atoms with E-state index in [0.717, 1.165) is 0 Å². The third-order valence-electron chi connectivity index (χ3n) is 2.71. The third kappa shape index (κ3) is 2.71. The molecule has 2 aromatic rings. The van der Waals surface area contributed by atoms with Gasteiger partial charge in [0, 0.05) is 23.0 Å². The number of benzene rings is 1. The lowest BCUT2D eigenvalue weighted by Crippen LogP contribution is -2.16. The highest BCUT2D eigenvalue weighted by molar-refractivity contribution is 7.99. The lowest BCUT2D eigenvalue weighted by molar-refractivity contribution is 0.585. The van der Waals surface area contributed by atoms with E-state index in [2.05, 4.69) is 10.2 Å². The van der Waals surface area contributed by atoms with Gasteiger partial charge in [0.2, 0.25) is 0 Å². The molecule has 102 valence electrons. The fourth-order valence-electron chi connectivity index (χ4n) is 1.81. The molecule has 0 unspecified atom stereocenters. The van der Waals surface area contributed by atoms with E-state index < -0.39 is 6.04 Å². The molecule has 0 fully saturated rings. The van der Waals surface area contributed by atoms with Gasteiger partial charge in [0.25, 0.3) is 0 Å². The highest BCUT2D eigenvalue weighted by Crippen LogP contribution is 2.32. The number of nitrogens with zero attached hydrogens (tertiary/aromatic N) is 2. The Morgan fingerprint density at radius 3 is 2.95 bits per heavy atom. The van der Waals surface area contributed by atoms with Gasteiger partial charge in [0.1, 0.15) is 5.82 Å². The highest BCUT2D eigenvalue weighted by Gasteiger charge is 2.16. The van der Waals surface area contributed by atoms with E-state index >= 15 is 0 Å². The first-order chi connectivity index (χ1) is 9.04. The molecular formula is C12H15FN4OS. The molecule has 0 aliphatic rings. The molecule has 0 aliphatic carbocycles. The summed E-state index contributed by atoms with van der Waals surface area (Å²) >= 11 is 1.23. The minimum absolute atomic E-state index is 0.274. The summed E-state index contributed by atoms with van der Waals surface area (Å²) in [5.74, 6) is -0.346. The van der Waals surface area contributed by atoms with Crippen LogP contribution in [0.3, 0.4) is 0 Å². The molecule has 0 radical (unpaired) electrons. The van der Waals surface area contributed by atoms with Gasteiger partial charge in [0.05, 0.1) is 0 Å². The van der Waals surface area contributed by atoms with Crippen molar-refractivity contribution < 1.29 is 4.39 Å². The van der Waals surface area contributed by atoms with Crippen molar-refractivity contribution in [3.8, 4) is 0 Å². The van der Waals surface area contributed by atoms with Gasteiger partial charge in [-0.2, -0.15) is 0 Å². The van der Waals surface area contributed by atoms with E-state index in [1.807, 2.05) is 6.92 Å². The van der Waals surface area contributed by atoms with E-state index in [9.17, 15) is 9.18 Å². The molecule has 0 amide bonds. The smallest absolute Gasteiger partial charge is 0.324 e. The molecule has 0 aliphatic heterocycles. The topological polar surface area (TPSA) is 76.7 Å². The Bertz CT molecular complexity index is 635. The molecule has 3 N–H and O–H groups in total. The minimum Gasteiger partial charge on any atom is -0.324 e. The number of hydrogen-bond donors (Lipinski definition) is 2. The number of aromatic amines is 1.